The largest absolute Gasteiger partial charge is 0.396 e. The molecule has 0 radical (unpaired) electrons. The Balaban J connectivity index is 2.44. The van der Waals surface area contributed by atoms with E-state index < -0.39 is 5.60 Å². The molecule has 0 saturated carbocycles. The van der Waals surface area contributed by atoms with Gasteiger partial charge in [-0.1, -0.05) is 22.0 Å². The molecule has 0 aliphatic carbocycles. The van der Waals surface area contributed by atoms with Gasteiger partial charge in [-0.25, -0.2) is 0 Å². The summed E-state index contributed by atoms with van der Waals surface area (Å²) in [5, 5.41) is 19.3. The monoisotopic (exact) mass is 272 g/mol. The summed E-state index contributed by atoms with van der Waals surface area (Å²) in [5.74, 6) is 0. The summed E-state index contributed by atoms with van der Waals surface area (Å²) < 4.78 is 6.26. The molecular formula is C11H13BrO3. The van der Waals surface area contributed by atoms with Crippen molar-refractivity contribution in [3.05, 3.63) is 33.8 Å². The van der Waals surface area contributed by atoms with Crippen LogP contribution >= 0.6 is 15.9 Å². The van der Waals surface area contributed by atoms with Crippen molar-refractivity contribution >= 4 is 15.9 Å². The van der Waals surface area contributed by atoms with Crippen molar-refractivity contribution in [3.8, 4) is 0 Å². The Morgan fingerprint density at radius 1 is 1.47 bits per heavy atom. The van der Waals surface area contributed by atoms with Crippen molar-refractivity contribution in [1.29, 1.82) is 0 Å². The van der Waals surface area contributed by atoms with Crippen LogP contribution in [0.3, 0.4) is 0 Å². The fourth-order valence-electron chi connectivity index (χ4n) is 1.91. The van der Waals surface area contributed by atoms with Crippen LogP contribution in [0.1, 0.15) is 17.5 Å². The van der Waals surface area contributed by atoms with Crippen LogP contribution in [0.25, 0.3) is 0 Å². The summed E-state index contributed by atoms with van der Waals surface area (Å²) >= 11 is 3.38. The predicted octanol–water partition coefficient (Wildman–Crippen LogP) is 1.55. The smallest absolute Gasteiger partial charge is 0.115 e. The van der Waals surface area contributed by atoms with Crippen LogP contribution in [0.4, 0.5) is 0 Å². The number of benzene rings is 1. The van der Waals surface area contributed by atoms with E-state index in [1.807, 2.05) is 18.2 Å². The minimum absolute atomic E-state index is 0.0498. The number of ether oxygens (including phenoxy) is 1. The van der Waals surface area contributed by atoms with E-state index in [4.69, 9.17) is 9.84 Å². The zero-order valence-electron chi connectivity index (χ0n) is 8.24. The lowest BCUT2D eigenvalue weighted by Gasteiger charge is -2.34. The standard InChI is InChI=1S/C11H13BrO3/c12-9-2-1-8-6-15-7-11(14,3-4-13)10(8)5-9/h1-2,5,13-14H,3-4,6-7H2. The van der Waals surface area contributed by atoms with Crippen molar-refractivity contribution in [1.82, 2.24) is 0 Å². The van der Waals surface area contributed by atoms with Gasteiger partial charge in [0.25, 0.3) is 0 Å². The summed E-state index contributed by atoms with van der Waals surface area (Å²) in [6, 6.07) is 5.75. The minimum atomic E-state index is -1.05. The lowest BCUT2D eigenvalue weighted by molar-refractivity contribution is -0.0844. The Morgan fingerprint density at radius 3 is 3.00 bits per heavy atom. The van der Waals surface area contributed by atoms with Gasteiger partial charge in [-0.3, -0.25) is 0 Å². The number of aliphatic hydroxyl groups excluding tert-OH is 1. The first-order valence-corrected chi connectivity index (χ1v) is 5.65. The van der Waals surface area contributed by atoms with E-state index in [1.54, 1.807) is 0 Å². The Labute approximate surface area is 96.8 Å². The number of hydrogen-bond donors (Lipinski definition) is 2. The molecule has 15 heavy (non-hydrogen) atoms. The quantitative estimate of drug-likeness (QED) is 0.859. The molecule has 0 saturated heterocycles. The molecule has 2 N–H and O–H groups in total. The molecule has 0 aromatic heterocycles. The summed E-state index contributed by atoms with van der Waals surface area (Å²) in [4.78, 5) is 0. The molecule has 1 atom stereocenters. The van der Waals surface area contributed by atoms with Gasteiger partial charge >= 0.3 is 0 Å². The van der Waals surface area contributed by atoms with Gasteiger partial charge in [-0.05, 0) is 23.3 Å². The van der Waals surface area contributed by atoms with E-state index in [0.717, 1.165) is 15.6 Å². The Kier molecular flexibility index (Phi) is 3.11. The van der Waals surface area contributed by atoms with Crippen molar-refractivity contribution in [2.45, 2.75) is 18.6 Å². The van der Waals surface area contributed by atoms with Crippen molar-refractivity contribution in [3.63, 3.8) is 0 Å². The first-order valence-electron chi connectivity index (χ1n) is 4.85. The van der Waals surface area contributed by atoms with E-state index in [2.05, 4.69) is 15.9 Å². The van der Waals surface area contributed by atoms with Crippen LogP contribution in [-0.2, 0) is 16.9 Å². The molecule has 1 unspecified atom stereocenters. The second-order valence-electron chi connectivity index (χ2n) is 3.80. The van der Waals surface area contributed by atoms with E-state index in [9.17, 15) is 5.11 Å². The number of fused-ring (bicyclic) bond motifs is 1. The summed E-state index contributed by atoms with van der Waals surface area (Å²) in [6.07, 6.45) is 0.302. The molecule has 1 aromatic rings. The second-order valence-corrected chi connectivity index (χ2v) is 4.72. The third-order valence-corrected chi connectivity index (χ3v) is 3.19. The zero-order valence-corrected chi connectivity index (χ0v) is 9.83. The highest BCUT2D eigenvalue weighted by Gasteiger charge is 2.34. The third kappa shape index (κ3) is 2.08. The number of rotatable bonds is 2. The van der Waals surface area contributed by atoms with Crippen LogP contribution in [0.5, 0.6) is 0 Å². The number of halogens is 1. The average molecular weight is 273 g/mol. The van der Waals surface area contributed by atoms with Gasteiger partial charge in [0.15, 0.2) is 0 Å². The Hall–Kier alpha value is -0.420. The highest BCUT2D eigenvalue weighted by atomic mass is 79.9. The molecule has 82 valence electrons. The maximum absolute atomic E-state index is 10.3. The number of aliphatic hydroxyl groups is 2. The van der Waals surface area contributed by atoms with Gasteiger partial charge in [0, 0.05) is 17.5 Å². The summed E-state index contributed by atoms with van der Waals surface area (Å²) in [5.41, 5.74) is 0.795. The molecular weight excluding hydrogens is 260 g/mol. The van der Waals surface area contributed by atoms with Crippen LogP contribution in [0.15, 0.2) is 22.7 Å². The fourth-order valence-corrected chi connectivity index (χ4v) is 2.27. The molecule has 1 aliphatic heterocycles. The van der Waals surface area contributed by atoms with Gasteiger partial charge in [-0.15, -0.1) is 0 Å². The Bertz CT molecular complexity index is 367. The number of hydrogen-bond acceptors (Lipinski definition) is 3. The first kappa shape index (κ1) is 11.1. The predicted molar refractivity (Wildman–Crippen MR) is 59.4 cm³/mol. The SMILES string of the molecule is OCCC1(O)COCc2ccc(Br)cc21. The van der Waals surface area contributed by atoms with Gasteiger partial charge in [-0.2, -0.15) is 0 Å². The molecule has 3 nitrogen and oxygen atoms in total. The van der Waals surface area contributed by atoms with E-state index in [0.29, 0.717) is 13.0 Å². The zero-order chi connectivity index (χ0) is 10.9. The summed E-state index contributed by atoms with van der Waals surface area (Å²) in [7, 11) is 0. The normalized spacial score (nSPS) is 25.0. The molecule has 0 bridgehead atoms. The molecule has 1 heterocycles. The van der Waals surface area contributed by atoms with Crippen LogP contribution in [0, 0.1) is 0 Å². The maximum Gasteiger partial charge on any atom is 0.115 e. The highest BCUT2D eigenvalue weighted by Crippen LogP contribution is 2.34. The third-order valence-electron chi connectivity index (χ3n) is 2.70. The molecule has 1 aliphatic rings. The first-order chi connectivity index (χ1) is 7.15. The lowest BCUT2D eigenvalue weighted by atomic mass is 9.86. The van der Waals surface area contributed by atoms with E-state index >= 15 is 0 Å². The summed E-state index contributed by atoms with van der Waals surface area (Å²) in [6.45, 7) is 0.721. The topological polar surface area (TPSA) is 49.7 Å². The van der Waals surface area contributed by atoms with Crippen LogP contribution in [0.2, 0.25) is 0 Å². The highest BCUT2D eigenvalue weighted by molar-refractivity contribution is 9.10. The molecule has 4 heteroatoms. The Morgan fingerprint density at radius 2 is 2.27 bits per heavy atom. The van der Waals surface area contributed by atoms with E-state index in [1.165, 1.54) is 0 Å². The van der Waals surface area contributed by atoms with Gasteiger partial charge in [0.05, 0.1) is 13.2 Å². The maximum atomic E-state index is 10.3. The van der Waals surface area contributed by atoms with Gasteiger partial charge in [0.2, 0.25) is 0 Å². The molecule has 0 spiro atoms. The molecule has 0 fully saturated rings. The minimum Gasteiger partial charge on any atom is -0.396 e. The van der Waals surface area contributed by atoms with Crippen molar-refractivity contribution in [2.24, 2.45) is 0 Å². The molecule has 1 aromatic carbocycles. The lowest BCUT2D eigenvalue weighted by Crippen LogP contribution is -2.37. The van der Waals surface area contributed by atoms with Gasteiger partial charge in [0.1, 0.15) is 5.60 Å². The van der Waals surface area contributed by atoms with Gasteiger partial charge < -0.3 is 14.9 Å². The second kappa shape index (κ2) is 4.22. The average Bonchev–Trinajstić information content (AvgIpc) is 2.20. The van der Waals surface area contributed by atoms with Crippen LogP contribution < -0.4 is 0 Å². The van der Waals surface area contributed by atoms with Crippen LogP contribution in [-0.4, -0.2) is 23.4 Å². The van der Waals surface area contributed by atoms with Crippen molar-refractivity contribution < 1.29 is 14.9 Å². The molecule has 0 amide bonds. The fraction of sp³-hybridized carbons (Fsp3) is 0.455. The molecule has 2 rings (SSSR count). The van der Waals surface area contributed by atoms with Crippen molar-refractivity contribution in [2.75, 3.05) is 13.2 Å². The van der Waals surface area contributed by atoms with E-state index in [-0.39, 0.29) is 13.2 Å².